The number of hydrogen-bond donors (Lipinski definition) is 2. The van der Waals surface area contributed by atoms with E-state index < -0.39 is 0 Å². The lowest BCUT2D eigenvalue weighted by atomic mass is 10.0. The Balaban J connectivity index is 1.69. The number of H-pyrrole nitrogens is 1. The van der Waals surface area contributed by atoms with Gasteiger partial charge in [0.15, 0.2) is 0 Å². The van der Waals surface area contributed by atoms with Gasteiger partial charge >= 0.3 is 0 Å². The summed E-state index contributed by atoms with van der Waals surface area (Å²) in [7, 11) is 0. The van der Waals surface area contributed by atoms with Crippen LogP contribution in [0.2, 0.25) is 0 Å². The summed E-state index contributed by atoms with van der Waals surface area (Å²) in [5.74, 6) is 0. The standard InChI is InChI=1S/C17H24N2/c1-12-7-8-16-14(11-19-17(16)13(12)2)9-10-18-15-5-3-4-6-15/h7-8,11,15,18-19H,3-6,9-10H2,1-2H3. The maximum Gasteiger partial charge on any atom is 0.0489 e. The molecule has 19 heavy (non-hydrogen) atoms. The van der Waals surface area contributed by atoms with Gasteiger partial charge in [0.1, 0.15) is 0 Å². The van der Waals surface area contributed by atoms with Gasteiger partial charge in [-0.05, 0) is 56.3 Å². The van der Waals surface area contributed by atoms with Crippen LogP contribution in [-0.2, 0) is 6.42 Å². The lowest BCUT2D eigenvalue weighted by molar-refractivity contribution is 0.528. The summed E-state index contributed by atoms with van der Waals surface area (Å²) in [6.45, 7) is 5.48. The molecule has 0 spiro atoms. The topological polar surface area (TPSA) is 27.8 Å². The zero-order valence-corrected chi connectivity index (χ0v) is 12.1. The molecule has 3 rings (SSSR count). The van der Waals surface area contributed by atoms with Gasteiger partial charge in [0, 0.05) is 23.1 Å². The number of fused-ring (bicyclic) bond motifs is 1. The van der Waals surface area contributed by atoms with Gasteiger partial charge in [-0.25, -0.2) is 0 Å². The van der Waals surface area contributed by atoms with E-state index in [4.69, 9.17) is 0 Å². The van der Waals surface area contributed by atoms with Crippen molar-refractivity contribution in [3.63, 3.8) is 0 Å². The lowest BCUT2D eigenvalue weighted by Gasteiger charge is -2.11. The molecular weight excluding hydrogens is 232 g/mol. The van der Waals surface area contributed by atoms with Gasteiger partial charge in [-0.3, -0.25) is 0 Å². The molecule has 0 atom stereocenters. The third-order valence-electron chi connectivity index (χ3n) is 4.66. The number of hydrogen-bond acceptors (Lipinski definition) is 1. The van der Waals surface area contributed by atoms with E-state index in [-0.39, 0.29) is 0 Å². The molecule has 1 fully saturated rings. The first-order valence-electron chi connectivity index (χ1n) is 7.55. The highest BCUT2D eigenvalue weighted by Gasteiger charge is 2.14. The van der Waals surface area contributed by atoms with Crippen molar-refractivity contribution < 1.29 is 0 Å². The molecule has 1 saturated carbocycles. The SMILES string of the molecule is Cc1ccc2c(CCNC3CCCC3)c[nH]c2c1C. The van der Waals surface area contributed by atoms with Gasteiger partial charge in [0.05, 0.1) is 0 Å². The van der Waals surface area contributed by atoms with Crippen molar-refractivity contribution in [1.29, 1.82) is 0 Å². The van der Waals surface area contributed by atoms with E-state index in [1.165, 1.54) is 53.3 Å². The predicted molar refractivity (Wildman–Crippen MR) is 81.7 cm³/mol. The van der Waals surface area contributed by atoms with Crippen LogP contribution in [0.5, 0.6) is 0 Å². The number of nitrogens with one attached hydrogen (secondary N) is 2. The molecule has 0 amide bonds. The number of rotatable bonds is 4. The van der Waals surface area contributed by atoms with Crippen molar-refractivity contribution in [1.82, 2.24) is 10.3 Å². The fourth-order valence-electron chi connectivity index (χ4n) is 3.25. The van der Waals surface area contributed by atoms with E-state index in [0.29, 0.717) is 0 Å². The van der Waals surface area contributed by atoms with Crippen LogP contribution in [0.25, 0.3) is 10.9 Å². The first kappa shape index (κ1) is 12.7. The second-order valence-electron chi connectivity index (χ2n) is 5.93. The fourth-order valence-corrected chi connectivity index (χ4v) is 3.25. The Bertz CT molecular complexity index is 562. The molecule has 2 nitrogen and oxygen atoms in total. The summed E-state index contributed by atoms with van der Waals surface area (Å²) < 4.78 is 0. The average Bonchev–Trinajstić information content (AvgIpc) is 3.04. The minimum atomic E-state index is 0.772. The molecule has 0 aliphatic heterocycles. The van der Waals surface area contributed by atoms with Crippen LogP contribution >= 0.6 is 0 Å². The molecule has 0 radical (unpaired) electrons. The van der Waals surface area contributed by atoms with Crippen LogP contribution in [0.1, 0.15) is 42.4 Å². The molecule has 1 aliphatic rings. The van der Waals surface area contributed by atoms with Crippen molar-refractivity contribution in [2.75, 3.05) is 6.54 Å². The van der Waals surface area contributed by atoms with Crippen molar-refractivity contribution in [2.45, 2.75) is 52.0 Å². The molecule has 1 aromatic heterocycles. The average molecular weight is 256 g/mol. The molecule has 2 aromatic rings. The van der Waals surface area contributed by atoms with Gasteiger partial charge in [0.2, 0.25) is 0 Å². The third kappa shape index (κ3) is 2.55. The van der Waals surface area contributed by atoms with E-state index in [2.05, 4.69) is 42.5 Å². The Morgan fingerprint density at radius 3 is 2.79 bits per heavy atom. The van der Waals surface area contributed by atoms with Crippen LogP contribution in [-0.4, -0.2) is 17.6 Å². The summed E-state index contributed by atoms with van der Waals surface area (Å²) in [4.78, 5) is 3.45. The molecule has 0 unspecified atom stereocenters. The lowest BCUT2D eigenvalue weighted by Crippen LogP contribution is -2.27. The predicted octanol–water partition coefficient (Wildman–Crippen LogP) is 3.86. The summed E-state index contributed by atoms with van der Waals surface area (Å²) >= 11 is 0. The number of benzene rings is 1. The monoisotopic (exact) mass is 256 g/mol. The highest BCUT2D eigenvalue weighted by Crippen LogP contribution is 2.24. The normalized spacial score (nSPS) is 16.5. The smallest absolute Gasteiger partial charge is 0.0489 e. The number of aromatic nitrogens is 1. The van der Waals surface area contributed by atoms with Gasteiger partial charge in [0.25, 0.3) is 0 Å². The Kier molecular flexibility index (Phi) is 3.61. The zero-order valence-electron chi connectivity index (χ0n) is 12.1. The molecule has 0 saturated heterocycles. The van der Waals surface area contributed by atoms with Crippen LogP contribution in [0.15, 0.2) is 18.3 Å². The van der Waals surface area contributed by atoms with Crippen molar-refractivity contribution >= 4 is 10.9 Å². The molecule has 102 valence electrons. The Morgan fingerprint density at radius 2 is 2.00 bits per heavy atom. The van der Waals surface area contributed by atoms with Crippen LogP contribution in [0.3, 0.4) is 0 Å². The first-order valence-corrected chi connectivity index (χ1v) is 7.55. The third-order valence-corrected chi connectivity index (χ3v) is 4.66. The fraction of sp³-hybridized carbons (Fsp3) is 0.529. The number of aromatic amines is 1. The Morgan fingerprint density at radius 1 is 1.21 bits per heavy atom. The summed E-state index contributed by atoms with van der Waals surface area (Å²) in [5.41, 5.74) is 5.51. The highest BCUT2D eigenvalue weighted by atomic mass is 14.9. The molecule has 1 heterocycles. The van der Waals surface area contributed by atoms with E-state index >= 15 is 0 Å². The summed E-state index contributed by atoms with van der Waals surface area (Å²) in [5, 5.41) is 5.10. The molecule has 1 aromatic carbocycles. The second kappa shape index (κ2) is 5.38. The number of aryl methyl sites for hydroxylation is 2. The first-order chi connectivity index (χ1) is 9.25. The van der Waals surface area contributed by atoms with E-state index in [9.17, 15) is 0 Å². The van der Waals surface area contributed by atoms with Gasteiger partial charge in [-0.2, -0.15) is 0 Å². The van der Waals surface area contributed by atoms with Gasteiger partial charge < -0.3 is 10.3 Å². The highest BCUT2D eigenvalue weighted by molar-refractivity contribution is 5.86. The van der Waals surface area contributed by atoms with E-state index in [1.807, 2.05) is 0 Å². The van der Waals surface area contributed by atoms with E-state index in [0.717, 1.165) is 19.0 Å². The Hall–Kier alpha value is -1.28. The molecule has 2 heteroatoms. The van der Waals surface area contributed by atoms with Crippen molar-refractivity contribution in [3.05, 3.63) is 35.0 Å². The minimum Gasteiger partial charge on any atom is -0.361 e. The van der Waals surface area contributed by atoms with Gasteiger partial charge in [-0.1, -0.05) is 25.0 Å². The largest absolute Gasteiger partial charge is 0.361 e. The van der Waals surface area contributed by atoms with Crippen LogP contribution < -0.4 is 5.32 Å². The summed E-state index contributed by atoms with van der Waals surface area (Å²) in [6.07, 6.45) is 8.86. The van der Waals surface area contributed by atoms with Crippen molar-refractivity contribution in [2.24, 2.45) is 0 Å². The molecule has 2 N–H and O–H groups in total. The van der Waals surface area contributed by atoms with E-state index in [1.54, 1.807) is 0 Å². The van der Waals surface area contributed by atoms with Crippen LogP contribution in [0, 0.1) is 13.8 Å². The minimum absolute atomic E-state index is 0.772. The van der Waals surface area contributed by atoms with Crippen LogP contribution in [0.4, 0.5) is 0 Å². The van der Waals surface area contributed by atoms with Crippen molar-refractivity contribution in [3.8, 4) is 0 Å². The molecule has 0 bridgehead atoms. The van der Waals surface area contributed by atoms with Gasteiger partial charge in [-0.15, -0.1) is 0 Å². The molecule has 1 aliphatic carbocycles. The Labute approximate surface area is 115 Å². The maximum atomic E-state index is 3.70. The molecular formula is C17H24N2. The quantitative estimate of drug-likeness (QED) is 0.854. The second-order valence-corrected chi connectivity index (χ2v) is 5.93. The zero-order chi connectivity index (χ0) is 13.2. The summed E-state index contributed by atoms with van der Waals surface area (Å²) in [6, 6.07) is 5.27. The maximum absolute atomic E-state index is 3.70.